The number of nitrogens with one attached hydrogen (secondary N) is 2. The van der Waals surface area contributed by atoms with E-state index in [1.807, 2.05) is 58.2 Å². The molecular weight excluding hydrogens is 603 g/mol. The van der Waals surface area contributed by atoms with Gasteiger partial charge in [0.2, 0.25) is 0 Å². The Morgan fingerprint density at radius 1 is 0.955 bits per heavy atom. The van der Waals surface area contributed by atoms with Crippen molar-refractivity contribution in [2.75, 3.05) is 7.05 Å². The third-order valence-corrected chi connectivity index (χ3v) is 7.72. The van der Waals surface area contributed by atoms with Crippen molar-refractivity contribution in [1.29, 1.82) is 0 Å². The average Bonchev–Trinajstić information content (AvgIpc) is 3.00. The molecule has 1 heterocycles. The molecule has 9 nitrogen and oxygen atoms in total. The van der Waals surface area contributed by atoms with E-state index in [9.17, 15) is 19.2 Å². The molecule has 0 aliphatic heterocycles. The van der Waals surface area contributed by atoms with E-state index in [1.165, 1.54) is 9.13 Å². The summed E-state index contributed by atoms with van der Waals surface area (Å²) >= 11 is 11.9. The summed E-state index contributed by atoms with van der Waals surface area (Å²) in [4.78, 5) is 49.5. The van der Waals surface area contributed by atoms with Crippen LogP contribution >= 0.6 is 23.2 Å². The largest absolute Gasteiger partial charge is 0.461 e. The summed E-state index contributed by atoms with van der Waals surface area (Å²) in [7, 11) is 3.54. The number of hydrogen-bond acceptors (Lipinski definition) is 6. The Hall–Kier alpha value is -3.92. The highest BCUT2D eigenvalue weighted by Gasteiger charge is 2.23. The van der Waals surface area contributed by atoms with Gasteiger partial charge in [-0.1, -0.05) is 66.9 Å². The number of benzene rings is 3. The van der Waals surface area contributed by atoms with Gasteiger partial charge >= 0.3 is 11.7 Å². The zero-order chi connectivity index (χ0) is 32.6. The Kier molecular flexibility index (Phi) is 12.3. The summed E-state index contributed by atoms with van der Waals surface area (Å²) in [6, 6.07) is 17.0. The van der Waals surface area contributed by atoms with Gasteiger partial charge < -0.3 is 15.4 Å². The minimum Gasteiger partial charge on any atom is -0.461 e. The molecule has 0 bridgehead atoms. The normalized spacial score (nSPS) is 11.6. The van der Waals surface area contributed by atoms with Gasteiger partial charge in [0.05, 0.1) is 32.2 Å². The van der Waals surface area contributed by atoms with Crippen molar-refractivity contribution in [3.63, 3.8) is 0 Å². The molecule has 2 N–H and O–H groups in total. The first kappa shape index (κ1) is 34.6. The quantitative estimate of drug-likeness (QED) is 0.232. The van der Waals surface area contributed by atoms with Crippen LogP contribution in [0.3, 0.4) is 0 Å². The molecule has 44 heavy (non-hydrogen) atoms. The van der Waals surface area contributed by atoms with Crippen molar-refractivity contribution in [1.82, 2.24) is 19.8 Å². The number of hydrogen-bond donors (Lipinski definition) is 2. The first-order valence-corrected chi connectivity index (χ1v) is 15.1. The number of carbonyl (C=O) groups excluding carboxylic acids is 2. The van der Waals surface area contributed by atoms with Crippen molar-refractivity contribution in [3.05, 3.63) is 108 Å². The molecule has 3 aromatic carbocycles. The first-order chi connectivity index (χ1) is 20.9. The number of carbonyl (C=O) groups is 2. The molecule has 4 rings (SSSR count). The average molecular weight is 642 g/mol. The maximum Gasteiger partial charge on any atom is 0.335 e. The predicted octanol–water partition coefficient (Wildman–Crippen LogP) is 5.56. The monoisotopic (exact) mass is 640 g/mol. The van der Waals surface area contributed by atoms with Crippen LogP contribution in [0.15, 0.2) is 70.3 Å². The van der Waals surface area contributed by atoms with Gasteiger partial charge in [-0.2, -0.15) is 0 Å². The van der Waals surface area contributed by atoms with E-state index in [0.29, 0.717) is 23.1 Å². The van der Waals surface area contributed by atoms with E-state index in [2.05, 4.69) is 10.6 Å². The zero-order valence-corrected chi connectivity index (χ0v) is 27.3. The number of halogens is 2. The smallest absolute Gasteiger partial charge is 0.335 e. The Balaban J connectivity index is 0.000000242. The lowest BCUT2D eigenvalue weighted by Crippen LogP contribution is -2.41. The Bertz CT molecular complexity index is 1720. The standard InChI is InChI=1S/C18H19N3O2.C15H19Cl2NO3/c1-12-4-7-14(8-5-12)21-17(22)15-10-13(11-19-2)6-9-16(15)20(3)18(21)23;1-4-10(5-2)21-15(20)9(3)18-14(19)13-11(16)7-6-8-12(13)17/h4-10,19H,11H2,1-3H3;6-10H,4-5H2,1-3H3,(H,18,19)/t;9-/m.0/s1. The molecule has 1 amide bonds. The van der Waals surface area contributed by atoms with Gasteiger partial charge in [0.15, 0.2) is 0 Å². The number of nitrogens with zero attached hydrogens (tertiary/aromatic N) is 2. The molecule has 0 unspecified atom stereocenters. The molecule has 11 heteroatoms. The van der Waals surface area contributed by atoms with Gasteiger partial charge in [-0.15, -0.1) is 0 Å². The number of fused-ring (bicyclic) bond motifs is 1. The van der Waals surface area contributed by atoms with Gasteiger partial charge in [-0.3, -0.25) is 14.2 Å². The van der Waals surface area contributed by atoms with E-state index in [-0.39, 0.29) is 33.0 Å². The maximum absolute atomic E-state index is 12.9. The molecule has 1 aromatic heterocycles. The second-order valence-corrected chi connectivity index (χ2v) is 11.2. The molecular formula is C33H38Cl2N4O5. The van der Waals surface area contributed by atoms with Gasteiger partial charge in [0, 0.05) is 13.6 Å². The number of ether oxygens (including phenoxy) is 1. The molecule has 0 spiro atoms. The fourth-order valence-electron chi connectivity index (χ4n) is 4.51. The van der Waals surface area contributed by atoms with Gasteiger partial charge in [0.25, 0.3) is 11.5 Å². The van der Waals surface area contributed by atoms with Crippen LogP contribution in [-0.2, 0) is 23.1 Å². The lowest BCUT2D eigenvalue weighted by molar-refractivity contribution is -0.151. The molecule has 0 saturated heterocycles. The Morgan fingerprint density at radius 3 is 2.14 bits per heavy atom. The third-order valence-electron chi connectivity index (χ3n) is 7.09. The first-order valence-electron chi connectivity index (χ1n) is 14.3. The van der Waals surface area contributed by atoms with Crippen molar-refractivity contribution >= 4 is 46.0 Å². The van der Waals surface area contributed by atoms with E-state index >= 15 is 0 Å². The summed E-state index contributed by atoms with van der Waals surface area (Å²) in [5.74, 6) is -0.972. The van der Waals surface area contributed by atoms with Gasteiger partial charge in [0.1, 0.15) is 12.1 Å². The maximum atomic E-state index is 12.9. The SMILES string of the molecule is CCC(CC)OC(=O)[C@H](C)NC(=O)c1c(Cl)cccc1Cl.CNCc1ccc2c(c1)c(=O)n(-c1ccc(C)cc1)c(=O)n2C. The Morgan fingerprint density at radius 2 is 1.57 bits per heavy atom. The van der Waals surface area contributed by atoms with Crippen molar-refractivity contribution < 1.29 is 14.3 Å². The summed E-state index contributed by atoms with van der Waals surface area (Å²) in [6.07, 6.45) is 1.33. The van der Waals surface area contributed by atoms with Crippen LogP contribution in [-0.4, -0.2) is 40.2 Å². The van der Waals surface area contributed by atoms with Crippen molar-refractivity contribution in [2.45, 2.75) is 59.2 Å². The lowest BCUT2D eigenvalue weighted by Gasteiger charge is -2.19. The second-order valence-electron chi connectivity index (χ2n) is 10.4. The topological polar surface area (TPSA) is 111 Å². The van der Waals surface area contributed by atoms with Crippen LogP contribution < -0.4 is 21.9 Å². The molecule has 0 aliphatic rings. The van der Waals surface area contributed by atoms with Crippen LogP contribution in [0.4, 0.5) is 0 Å². The zero-order valence-electron chi connectivity index (χ0n) is 25.7. The second kappa shape index (κ2) is 15.7. The minimum atomic E-state index is -0.773. The van der Waals surface area contributed by atoms with Gasteiger partial charge in [-0.25, -0.2) is 14.2 Å². The molecule has 1 atom stereocenters. The van der Waals surface area contributed by atoms with Crippen LogP contribution in [0.5, 0.6) is 0 Å². The highest BCUT2D eigenvalue weighted by atomic mass is 35.5. The Labute approximate surface area is 266 Å². The van der Waals surface area contributed by atoms with Crippen LogP contribution in [0, 0.1) is 6.92 Å². The van der Waals surface area contributed by atoms with E-state index in [0.717, 1.165) is 24.0 Å². The highest BCUT2D eigenvalue weighted by molar-refractivity contribution is 6.39. The molecule has 0 radical (unpaired) electrons. The molecule has 234 valence electrons. The van der Waals surface area contributed by atoms with Crippen LogP contribution in [0.25, 0.3) is 16.6 Å². The molecule has 0 saturated carbocycles. The fourth-order valence-corrected chi connectivity index (χ4v) is 5.08. The van der Waals surface area contributed by atoms with Crippen LogP contribution in [0.2, 0.25) is 10.0 Å². The summed E-state index contributed by atoms with van der Waals surface area (Å²) in [6.45, 7) is 8.08. The molecule has 4 aromatic rings. The number of esters is 1. The fraction of sp³-hybridized carbons (Fsp3) is 0.333. The van der Waals surface area contributed by atoms with Crippen LogP contribution in [0.1, 0.15) is 55.1 Å². The van der Waals surface area contributed by atoms with E-state index < -0.39 is 17.9 Å². The van der Waals surface area contributed by atoms with Gasteiger partial charge in [-0.05, 0) is 75.7 Å². The predicted molar refractivity (Wildman–Crippen MR) is 176 cm³/mol. The third kappa shape index (κ3) is 8.16. The summed E-state index contributed by atoms with van der Waals surface area (Å²) in [5.41, 5.74) is 2.84. The lowest BCUT2D eigenvalue weighted by atomic mass is 10.1. The number of amides is 1. The summed E-state index contributed by atoms with van der Waals surface area (Å²) < 4.78 is 8.03. The summed E-state index contributed by atoms with van der Waals surface area (Å²) in [5, 5.41) is 6.63. The molecule has 0 fully saturated rings. The highest BCUT2D eigenvalue weighted by Crippen LogP contribution is 2.24. The number of aromatic nitrogens is 2. The minimum absolute atomic E-state index is 0.138. The van der Waals surface area contributed by atoms with E-state index in [4.69, 9.17) is 27.9 Å². The molecule has 0 aliphatic carbocycles. The van der Waals surface area contributed by atoms with E-state index in [1.54, 1.807) is 44.3 Å². The number of aryl methyl sites for hydroxylation is 2. The van der Waals surface area contributed by atoms with Crippen molar-refractivity contribution in [3.8, 4) is 5.69 Å². The van der Waals surface area contributed by atoms with Crippen molar-refractivity contribution in [2.24, 2.45) is 7.05 Å². The number of rotatable bonds is 9.